The first-order valence-corrected chi connectivity index (χ1v) is 6.65. The topological polar surface area (TPSA) is 46.9 Å². The van der Waals surface area contributed by atoms with Crippen molar-refractivity contribution < 1.29 is 4.79 Å². The molecule has 2 aromatic heterocycles. The van der Waals surface area contributed by atoms with Crippen LogP contribution in [0, 0.1) is 13.8 Å². The van der Waals surface area contributed by atoms with Gasteiger partial charge in [0.25, 0.3) is 5.91 Å². The van der Waals surface area contributed by atoms with Crippen molar-refractivity contribution in [3.63, 3.8) is 0 Å². The number of carbonyl (C=O) groups is 1. The maximum atomic E-state index is 12.0. The molecule has 1 N–H and O–H groups in total. The molecule has 0 fully saturated rings. The van der Waals surface area contributed by atoms with Gasteiger partial charge in [0.2, 0.25) is 0 Å². The Balaban J connectivity index is 2.10. The first-order chi connectivity index (χ1) is 8.47. The minimum absolute atomic E-state index is 0.0163. The summed E-state index contributed by atoms with van der Waals surface area (Å²) in [6.07, 6.45) is 3.29. The zero-order valence-corrected chi connectivity index (χ0v) is 11.8. The molecule has 4 nitrogen and oxygen atoms in total. The molecule has 96 valence electrons. The van der Waals surface area contributed by atoms with E-state index in [9.17, 15) is 4.79 Å². The van der Waals surface area contributed by atoms with E-state index in [-0.39, 0.29) is 11.9 Å². The monoisotopic (exact) mass is 263 g/mol. The van der Waals surface area contributed by atoms with Crippen LogP contribution >= 0.6 is 11.3 Å². The van der Waals surface area contributed by atoms with Crippen LogP contribution in [0.1, 0.15) is 38.6 Å². The number of aryl methyl sites for hydroxylation is 3. The van der Waals surface area contributed by atoms with Gasteiger partial charge in [0.1, 0.15) is 0 Å². The third-order valence-corrected chi connectivity index (χ3v) is 3.84. The summed E-state index contributed by atoms with van der Waals surface area (Å²) in [5, 5.41) is 6.99. The van der Waals surface area contributed by atoms with Gasteiger partial charge in [-0.15, -0.1) is 11.3 Å². The molecule has 2 heterocycles. The van der Waals surface area contributed by atoms with Crippen LogP contribution in [-0.4, -0.2) is 15.7 Å². The molecule has 0 aliphatic heterocycles. The fraction of sp³-hybridized carbons (Fsp3) is 0.385. The van der Waals surface area contributed by atoms with E-state index in [1.165, 1.54) is 15.3 Å². The molecule has 18 heavy (non-hydrogen) atoms. The second-order valence-electron chi connectivity index (χ2n) is 4.47. The maximum Gasteiger partial charge on any atom is 0.254 e. The molecule has 0 aromatic carbocycles. The lowest BCUT2D eigenvalue weighted by molar-refractivity contribution is 0.0940. The molecule has 1 atom stereocenters. The Bertz CT molecular complexity index is 571. The molecular formula is C13H17N3OS. The van der Waals surface area contributed by atoms with E-state index in [1.54, 1.807) is 35.5 Å². The Kier molecular flexibility index (Phi) is 3.52. The van der Waals surface area contributed by atoms with Gasteiger partial charge in [0.05, 0.1) is 17.8 Å². The second kappa shape index (κ2) is 4.94. The van der Waals surface area contributed by atoms with Crippen LogP contribution in [0.3, 0.4) is 0 Å². The number of hydrogen-bond donors (Lipinski definition) is 1. The Morgan fingerprint density at radius 3 is 2.72 bits per heavy atom. The van der Waals surface area contributed by atoms with Gasteiger partial charge in [0, 0.05) is 23.0 Å². The van der Waals surface area contributed by atoms with Gasteiger partial charge in [-0.2, -0.15) is 5.10 Å². The third-order valence-electron chi connectivity index (χ3n) is 2.86. The van der Waals surface area contributed by atoms with Gasteiger partial charge in [-0.05, 0) is 32.4 Å². The van der Waals surface area contributed by atoms with Crippen molar-refractivity contribution in [2.45, 2.75) is 26.8 Å². The van der Waals surface area contributed by atoms with Gasteiger partial charge >= 0.3 is 0 Å². The molecule has 0 bridgehead atoms. The fourth-order valence-electron chi connectivity index (χ4n) is 1.98. The van der Waals surface area contributed by atoms with Crippen LogP contribution in [0.5, 0.6) is 0 Å². The number of hydrogen-bond acceptors (Lipinski definition) is 3. The average Bonchev–Trinajstić information content (AvgIpc) is 2.84. The molecular weight excluding hydrogens is 246 g/mol. The number of nitrogens with zero attached hydrogens (tertiary/aromatic N) is 2. The largest absolute Gasteiger partial charge is 0.345 e. The molecule has 2 aromatic rings. The Morgan fingerprint density at radius 2 is 2.22 bits per heavy atom. The van der Waals surface area contributed by atoms with Crippen LogP contribution in [-0.2, 0) is 7.05 Å². The van der Waals surface area contributed by atoms with E-state index < -0.39 is 0 Å². The number of rotatable bonds is 3. The Morgan fingerprint density at radius 1 is 1.50 bits per heavy atom. The van der Waals surface area contributed by atoms with Gasteiger partial charge in [0.15, 0.2) is 0 Å². The summed E-state index contributed by atoms with van der Waals surface area (Å²) in [6.45, 7) is 6.17. The third kappa shape index (κ3) is 2.61. The molecule has 0 saturated heterocycles. The summed E-state index contributed by atoms with van der Waals surface area (Å²) in [4.78, 5) is 14.5. The number of nitrogens with one attached hydrogen (secondary N) is 1. The molecule has 0 radical (unpaired) electrons. The van der Waals surface area contributed by atoms with Crippen molar-refractivity contribution in [2.24, 2.45) is 7.05 Å². The Hall–Kier alpha value is -1.62. The predicted molar refractivity (Wildman–Crippen MR) is 72.9 cm³/mol. The van der Waals surface area contributed by atoms with Crippen molar-refractivity contribution in [1.29, 1.82) is 0 Å². The van der Waals surface area contributed by atoms with Crippen molar-refractivity contribution in [2.75, 3.05) is 0 Å². The molecule has 0 aliphatic carbocycles. The van der Waals surface area contributed by atoms with Gasteiger partial charge < -0.3 is 5.32 Å². The van der Waals surface area contributed by atoms with Crippen LogP contribution in [0.15, 0.2) is 18.5 Å². The van der Waals surface area contributed by atoms with E-state index >= 15 is 0 Å². The Labute approximate surface area is 111 Å². The van der Waals surface area contributed by atoms with Gasteiger partial charge in [-0.25, -0.2) is 0 Å². The highest BCUT2D eigenvalue weighted by Crippen LogP contribution is 2.26. The smallest absolute Gasteiger partial charge is 0.254 e. The fourth-order valence-corrected chi connectivity index (χ4v) is 3.00. The van der Waals surface area contributed by atoms with Crippen molar-refractivity contribution in [3.8, 4) is 0 Å². The molecule has 5 heteroatoms. The van der Waals surface area contributed by atoms with Crippen molar-refractivity contribution in [3.05, 3.63) is 39.3 Å². The molecule has 0 spiro atoms. The van der Waals surface area contributed by atoms with E-state index in [0.29, 0.717) is 5.56 Å². The van der Waals surface area contributed by atoms with E-state index in [4.69, 9.17) is 0 Å². The lowest BCUT2D eigenvalue weighted by Crippen LogP contribution is -2.26. The summed E-state index contributed by atoms with van der Waals surface area (Å²) in [7, 11) is 1.80. The van der Waals surface area contributed by atoms with Crippen LogP contribution in [0.25, 0.3) is 0 Å². The van der Waals surface area contributed by atoms with Crippen LogP contribution < -0.4 is 5.32 Å². The quantitative estimate of drug-likeness (QED) is 0.925. The number of thiophene rings is 1. The molecule has 0 saturated carbocycles. The summed E-state index contributed by atoms with van der Waals surface area (Å²) in [5.74, 6) is -0.0844. The first-order valence-electron chi connectivity index (χ1n) is 5.84. The highest BCUT2D eigenvalue weighted by Gasteiger charge is 2.15. The zero-order chi connectivity index (χ0) is 13.3. The number of aromatic nitrogens is 2. The summed E-state index contributed by atoms with van der Waals surface area (Å²) in [5.41, 5.74) is 1.78. The summed E-state index contributed by atoms with van der Waals surface area (Å²) >= 11 is 1.76. The van der Waals surface area contributed by atoms with Crippen molar-refractivity contribution in [1.82, 2.24) is 15.1 Å². The maximum absolute atomic E-state index is 12.0. The van der Waals surface area contributed by atoms with Crippen LogP contribution in [0.2, 0.25) is 0 Å². The number of carbonyl (C=O) groups excluding carboxylic acids is 1. The molecule has 1 unspecified atom stereocenters. The molecule has 0 aliphatic rings. The van der Waals surface area contributed by atoms with Crippen molar-refractivity contribution >= 4 is 17.2 Å². The summed E-state index contributed by atoms with van der Waals surface area (Å²) in [6, 6.07) is 2.15. The lowest BCUT2D eigenvalue weighted by Gasteiger charge is -2.13. The summed E-state index contributed by atoms with van der Waals surface area (Å²) < 4.78 is 1.62. The second-order valence-corrected chi connectivity index (χ2v) is 5.93. The zero-order valence-electron chi connectivity index (χ0n) is 11.0. The minimum Gasteiger partial charge on any atom is -0.345 e. The normalized spacial score (nSPS) is 12.4. The van der Waals surface area contributed by atoms with Gasteiger partial charge in [-0.1, -0.05) is 0 Å². The van der Waals surface area contributed by atoms with Gasteiger partial charge in [-0.3, -0.25) is 9.48 Å². The number of amides is 1. The lowest BCUT2D eigenvalue weighted by atomic mass is 10.1. The first kappa shape index (κ1) is 12.8. The highest BCUT2D eigenvalue weighted by atomic mass is 32.1. The van der Waals surface area contributed by atoms with E-state index in [1.807, 2.05) is 6.92 Å². The minimum atomic E-state index is -0.0844. The highest BCUT2D eigenvalue weighted by molar-refractivity contribution is 7.12. The predicted octanol–water partition coefficient (Wildman–Crippen LogP) is 2.59. The molecule has 1 amide bonds. The average molecular weight is 263 g/mol. The van der Waals surface area contributed by atoms with Crippen LogP contribution in [0.4, 0.5) is 0 Å². The SMILES string of the molecule is Cc1cc(C(C)NC(=O)c2cnn(C)c2)c(C)s1. The standard InChI is InChI=1S/C13H17N3OS/c1-8-5-12(10(3)18-8)9(2)15-13(17)11-6-14-16(4)7-11/h5-7,9H,1-4H3,(H,15,17). The van der Waals surface area contributed by atoms with E-state index in [2.05, 4.69) is 30.3 Å². The van der Waals surface area contributed by atoms with E-state index in [0.717, 1.165) is 0 Å². The molecule has 2 rings (SSSR count).